The largest absolute Gasteiger partial charge is 0.497 e. The molecule has 0 aromatic heterocycles. The highest BCUT2D eigenvalue weighted by atomic mass is 32.2. The Labute approximate surface area is 165 Å². The molecule has 0 bridgehead atoms. The van der Waals surface area contributed by atoms with Crippen molar-refractivity contribution in [2.75, 3.05) is 56.3 Å². The zero-order valence-corrected chi connectivity index (χ0v) is 16.5. The van der Waals surface area contributed by atoms with E-state index in [4.69, 9.17) is 9.47 Å². The number of methoxy groups -OCH3 is 1. The molecule has 3 rings (SSSR count). The molecule has 144 valence electrons. The Morgan fingerprint density at radius 3 is 2.33 bits per heavy atom. The first-order valence-electron chi connectivity index (χ1n) is 9.18. The van der Waals surface area contributed by atoms with Gasteiger partial charge in [0.25, 0.3) is 0 Å². The summed E-state index contributed by atoms with van der Waals surface area (Å²) < 4.78 is 10.9. The minimum absolute atomic E-state index is 0.217. The first-order valence-corrected chi connectivity index (χ1v) is 10.3. The third-order valence-corrected chi connectivity index (χ3v) is 5.44. The van der Waals surface area contributed by atoms with E-state index in [1.807, 2.05) is 47.4 Å². The summed E-state index contributed by atoms with van der Waals surface area (Å²) in [5, 5.41) is 0. The van der Waals surface area contributed by atoms with Crippen molar-refractivity contribution in [3.8, 4) is 11.5 Å². The monoisotopic (exact) mass is 386 g/mol. The molecule has 0 radical (unpaired) electrons. The van der Waals surface area contributed by atoms with Crippen LogP contribution in [0.4, 0.5) is 5.69 Å². The zero-order chi connectivity index (χ0) is 18.9. The van der Waals surface area contributed by atoms with Crippen LogP contribution >= 0.6 is 11.8 Å². The maximum Gasteiger partial charge on any atom is 0.232 e. The van der Waals surface area contributed by atoms with Crippen molar-refractivity contribution in [1.82, 2.24) is 4.90 Å². The maximum atomic E-state index is 12.4. The lowest BCUT2D eigenvalue weighted by Gasteiger charge is -2.36. The quantitative estimate of drug-likeness (QED) is 0.652. The number of para-hydroxylation sites is 1. The molecule has 0 aliphatic carbocycles. The van der Waals surface area contributed by atoms with Gasteiger partial charge < -0.3 is 19.3 Å². The number of rotatable bonds is 8. The van der Waals surface area contributed by atoms with E-state index in [-0.39, 0.29) is 5.91 Å². The molecule has 0 atom stereocenters. The molecule has 0 unspecified atom stereocenters. The van der Waals surface area contributed by atoms with Gasteiger partial charge in [-0.3, -0.25) is 4.79 Å². The molecule has 2 aromatic carbocycles. The molecule has 0 N–H and O–H groups in total. The number of carbonyl (C=O) groups excluding carboxylic acids is 1. The van der Waals surface area contributed by atoms with Gasteiger partial charge in [0.1, 0.15) is 11.5 Å². The van der Waals surface area contributed by atoms with Crippen LogP contribution in [0, 0.1) is 0 Å². The van der Waals surface area contributed by atoms with Crippen LogP contribution in [-0.4, -0.2) is 62.2 Å². The smallest absolute Gasteiger partial charge is 0.232 e. The van der Waals surface area contributed by atoms with E-state index in [1.54, 1.807) is 18.9 Å². The van der Waals surface area contributed by atoms with Crippen molar-refractivity contribution >= 4 is 23.4 Å². The third kappa shape index (κ3) is 5.82. The Balaban J connectivity index is 1.33. The number of amides is 1. The van der Waals surface area contributed by atoms with Gasteiger partial charge in [0.2, 0.25) is 5.91 Å². The number of thioether (sulfide) groups is 1. The van der Waals surface area contributed by atoms with Crippen LogP contribution in [0.15, 0.2) is 54.6 Å². The summed E-state index contributed by atoms with van der Waals surface area (Å²) >= 11 is 1.63. The van der Waals surface area contributed by atoms with E-state index in [1.165, 1.54) is 5.69 Å². The molecular weight excluding hydrogens is 360 g/mol. The van der Waals surface area contributed by atoms with Crippen molar-refractivity contribution < 1.29 is 14.3 Å². The first-order chi connectivity index (χ1) is 13.3. The lowest BCUT2D eigenvalue weighted by Crippen LogP contribution is -2.49. The number of carbonyl (C=O) groups is 1. The highest BCUT2D eigenvalue weighted by Crippen LogP contribution is 2.20. The second kappa shape index (κ2) is 10.1. The normalized spacial score (nSPS) is 14.1. The van der Waals surface area contributed by atoms with E-state index in [0.717, 1.165) is 43.4 Å². The summed E-state index contributed by atoms with van der Waals surface area (Å²) in [5.41, 5.74) is 1.18. The van der Waals surface area contributed by atoms with Gasteiger partial charge in [-0.1, -0.05) is 18.2 Å². The molecule has 1 aliphatic heterocycles. The summed E-state index contributed by atoms with van der Waals surface area (Å²) in [4.78, 5) is 16.7. The predicted molar refractivity (Wildman–Crippen MR) is 111 cm³/mol. The van der Waals surface area contributed by atoms with Crippen molar-refractivity contribution in [3.63, 3.8) is 0 Å². The molecule has 1 heterocycles. The minimum atomic E-state index is 0.217. The lowest BCUT2D eigenvalue weighted by atomic mass is 10.2. The Kier molecular flexibility index (Phi) is 7.27. The van der Waals surface area contributed by atoms with Crippen LogP contribution < -0.4 is 14.4 Å². The molecule has 27 heavy (non-hydrogen) atoms. The van der Waals surface area contributed by atoms with Crippen molar-refractivity contribution in [3.05, 3.63) is 54.6 Å². The van der Waals surface area contributed by atoms with Crippen LogP contribution in [0.2, 0.25) is 0 Å². The van der Waals surface area contributed by atoms with Gasteiger partial charge in [-0.15, -0.1) is 11.8 Å². The van der Waals surface area contributed by atoms with Gasteiger partial charge in [0, 0.05) is 37.6 Å². The van der Waals surface area contributed by atoms with Crippen molar-refractivity contribution in [2.24, 2.45) is 0 Å². The van der Waals surface area contributed by atoms with Crippen LogP contribution in [0.1, 0.15) is 0 Å². The first kappa shape index (κ1) is 19.4. The molecule has 2 aromatic rings. The standard InChI is InChI=1S/C21H26N2O3S/c1-25-19-9-7-18(8-10-19)22-11-13-23(14-12-22)21(24)17-27-16-15-26-20-5-3-2-4-6-20/h2-10H,11-17H2,1H3. The van der Waals surface area contributed by atoms with E-state index < -0.39 is 0 Å². The summed E-state index contributed by atoms with van der Waals surface area (Å²) in [6.07, 6.45) is 0. The number of nitrogens with zero attached hydrogens (tertiary/aromatic N) is 2. The molecule has 1 saturated heterocycles. The minimum Gasteiger partial charge on any atom is -0.497 e. The van der Waals surface area contributed by atoms with Gasteiger partial charge in [0.15, 0.2) is 0 Å². The second-order valence-corrected chi connectivity index (χ2v) is 7.39. The van der Waals surface area contributed by atoms with E-state index >= 15 is 0 Å². The number of ether oxygens (including phenoxy) is 2. The van der Waals surface area contributed by atoms with Crippen LogP contribution in [0.5, 0.6) is 11.5 Å². The van der Waals surface area contributed by atoms with E-state index in [9.17, 15) is 4.79 Å². The summed E-state index contributed by atoms with van der Waals surface area (Å²) in [7, 11) is 1.67. The molecule has 5 nitrogen and oxygen atoms in total. The predicted octanol–water partition coefficient (Wildman–Crippen LogP) is 3.16. The number of benzene rings is 2. The summed E-state index contributed by atoms with van der Waals surface area (Å²) in [6.45, 7) is 3.88. The molecule has 1 aliphatic rings. The van der Waals surface area contributed by atoms with Crippen LogP contribution in [-0.2, 0) is 4.79 Å². The Bertz CT molecular complexity index is 701. The average molecular weight is 387 g/mol. The number of hydrogen-bond acceptors (Lipinski definition) is 5. The Hall–Kier alpha value is -2.34. The van der Waals surface area contributed by atoms with E-state index in [2.05, 4.69) is 17.0 Å². The van der Waals surface area contributed by atoms with Crippen LogP contribution in [0.25, 0.3) is 0 Å². The topological polar surface area (TPSA) is 42.0 Å². The highest BCUT2D eigenvalue weighted by Gasteiger charge is 2.21. The number of hydrogen-bond donors (Lipinski definition) is 0. The van der Waals surface area contributed by atoms with Crippen LogP contribution in [0.3, 0.4) is 0 Å². The Morgan fingerprint density at radius 2 is 1.67 bits per heavy atom. The second-order valence-electron chi connectivity index (χ2n) is 6.28. The fraction of sp³-hybridized carbons (Fsp3) is 0.381. The summed E-state index contributed by atoms with van der Waals surface area (Å²) in [6, 6.07) is 17.8. The fourth-order valence-corrected chi connectivity index (χ4v) is 3.70. The van der Waals surface area contributed by atoms with E-state index in [0.29, 0.717) is 12.4 Å². The van der Waals surface area contributed by atoms with Gasteiger partial charge in [0.05, 0.1) is 19.5 Å². The molecule has 0 spiro atoms. The third-order valence-electron chi connectivity index (χ3n) is 4.54. The van der Waals surface area contributed by atoms with Crippen molar-refractivity contribution in [1.29, 1.82) is 0 Å². The van der Waals surface area contributed by atoms with Gasteiger partial charge >= 0.3 is 0 Å². The maximum absolute atomic E-state index is 12.4. The Morgan fingerprint density at radius 1 is 0.963 bits per heavy atom. The fourth-order valence-electron chi connectivity index (χ4n) is 2.99. The average Bonchev–Trinajstić information content (AvgIpc) is 2.74. The van der Waals surface area contributed by atoms with Crippen molar-refractivity contribution in [2.45, 2.75) is 0 Å². The van der Waals surface area contributed by atoms with Gasteiger partial charge in [-0.05, 0) is 36.4 Å². The summed E-state index contributed by atoms with van der Waals surface area (Å²) in [5.74, 6) is 3.28. The lowest BCUT2D eigenvalue weighted by molar-refractivity contribution is -0.128. The molecule has 6 heteroatoms. The number of anilines is 1. The molecule has 1 fully saturated rings. The van der Waals surface area contributed by atoms with Gasteiger partial charge in [-0.25, -0.2) is 0 Å². The number of piperazine rings is 1. The molecular formula is C21H26N2O3S. The zero-order valence-electron chi connectivity index (χ0n) is 15.7. The SMILES string of the molecule is COc1ccc(N2CCN(C(=O)CSCCOc3ccccc3)CC2)cc1. The highest BCUT2D eigenvalue weighted by molar-refractivity contribution is 7.99. The molecule has 0 saturated carbocycles. The van der Waals surface area contributed by atoms with Gasteiger partial charge in [-0.2, -0.15) is 0 Å². The molecule has 1 amide bonds.